The fourth-order valence-corrected chi connectivity index (χ4v) is 3.63. The van der Waals surface area contributed by atoms with Crippen molar-refractivity contribution in [1.29, 1.82) is 0 Å². The molecule has 1 saturated heterocycles. The van der Waals surface area contributed by atoms with E-state index in [9.17, 15) is 0 Å². The van der Waals surface area contributed by atoms with Gasteiger partial charge in [-0.3, -0.25) is 5.32 Å². The standard InChI is InChI=1S/C14H28N2O/c1-4-5-9-17-12-8-6-7-11-10(2)16-14(15-3)13(11)12/h10-16H,4-9H2,1-3H3. The van der Waals surface area contributed by atoms with Gasteiger partial charge in [-0.1, -0.05) is 19.8 Å². The molecule has 1 aliphatic heterocycles. The summed E-state index contributed by atoms with van der Waals surface area (Å²) in [5.41, 5.74) is 0. The number of fused-ring (bicyclic) bond motifs is 1. The summed E-state index contributed by atoms with van der Waals surface area (Å²) in [7, 11) is 2.06. The van der Waals surface area contributed by atoms with Crippen LogP contribution in [-0.2, 0) is 4.74 Å². The van der Waals surface area contributed by atoms with E-state index in [-0.39, 0.29) is 0 Å². The summed E-state index contributed by atoms with van der Waals surface area (Å²) in [4.78, 5) is 0. The van der Waals surface area contributed by atoms with Gasteiger partial charge in [0.1, 0.15) is 0 Å². The maximum absolute atomic E-state index is 6.14. The summed E-state index contributed by atoms with van der Waals surface area (Å²) < 4.78 is 6.14. The minimum Gasteiger partial charge on any atom is -0.378 e. The first-order chi connectivity index (χ1) is 8.27. The van der Waals surface area contributed by atoms with Gasteiger partial charge < -0.3 is 10.1 Å². The van der Waals surface area contributed by atoms with Gasteiger partial charge in [0, 0.05) is 18.6 Å². The highest BCUT2D eigenvalue weighted by atomic mass is 16.5. The maximum Gasteiger partial charge on any atom is 0.0634 e. The van der Waals surface area contributed by atoms with Crippen LogP contribution in [0.3, 0.4) is 0 Å². The van der Waals surface area contributed by atoms with Gasteiger partial charge in [0.2, 0.25) is 0 Å². The Kier molecular flexibility index (Phi) is 4.83. The van der Waals surface area contributed by atoms with E-state index in [1.54, 1.807) is 0 Å². The lowest BCUT2D eigenvalue weighted by molar-refractivity contribution is -0.0338. The van der Waals surface area contributed by atoms with E-state index in [4.69, 9.17) is 4.74 Å². The van der Waals surface area contributed by atoms with Crippen molar-refractivity contribution < 1.29 is 4.74 Å². The van der Waals surface area contributed by atoms with Crippen molar-refractivity contribution in [1.82, 2.24) is 10.6 Å². The normalized spacial score (nSPS) is 41.5. The first-order valence-electron chi connectivity index (χ1n) is 7.32. The van der Waals surface area contributed by atoms with Crippen molar-refractivity contribution in [3.8, 4) is 0 Å². The second-order valence-electron chi connectivity index (χ2n) is 5.66. The zero-order chi connectivity index (χ0) is 12.3. The lowest BCUT2D eigenvalue weighted by Gasteiger charge is -2.36. The quantitative estimate of drug-likeness (QED) is 0.722. The molecule has 2 aliphatic rings. The van der Waals surface area contributed by atoms with Crippen molar-refractivity contribution in [3.63, 3.8) is 0 Å². The molecular weight excluding hydrogens is 212 g/mol. The molecule has 0 bridgehead atoms. The van der Waals surface area contributed by atoms with Crippen LogP contribution in [0.1, 0.15) is 46.0 Å². The molecule has 3 nitrogen and oxygen atoms in total. The highest BCUT2D eigenvalue weighted by molar-refractivity contribution is 4.99. The molecule has 5 unspecified atom stereocenters. The Labute approximate surface area is 106 Å². The highest BCUT2D eigenvalue weighted by Crippen LogP contribution is 2.40. The van der Waals surface area contributed by atoms with Gasteiger partial charge in [-0.05, 0) is 39.2 Å². The maximum atomic E-state index is 6.14. The molecule has 0 aromatic rings. The summed E-state index contributed by atoms with van der Waals surface area (Å²) in [5.74, 6) is 1.47. The molecule has 2 rings (SSSR count). The molecule has 1 aliphatic carbocycles. The minimum atomic E-state index is 0.446. The van der Waals surface area contributed by atoms with Gasteiger partial charge in [-0.15, -0.1) is 0 Å². The molecule has 0 aromatic carbocycles. The van der Waals surface area contributed by atoms with E-state index in [1.807, 2.05) is 0 Å². The van der Waals surface area contributed by atoms with Crippen LogP contribution >= 0.6 is 0 Å². The van der Waals surface area contributed by atoms with Crippen LogP contribution in [0, 0.1) is 11.8 Å². The van der Waals surface area contributed by atoms with Crippen molar-refractivity contribution in [3.05, 3.63) is 0 Å². The molecule has 2 fully saturated rings. The lowest BCUT2D eigenvalue weighted by Crippen LogP contribution is -2.46. The minimum absolute atomic E-state index is 0.446. The molecule has 17 heavy (non-hydrogen) atoms. The van der Waals surface area contributed by atoms with E-state index >= 15 is 0 Å². The van der Waals surface area contributed by atoms with Crippen molar-refractivity contribution in [2.24, 2.45) is 11.8 Å². The Morgan fingerprint density at radius 3 is 2.88 bits per heavy atom. The third-order valence-corrected chi connectivity index (χ3v) is 4.56. The summed E-state index contributed by atoms with van der Waals surface area (Å²) in [5, 5.41) is 7.10. The van der Waals surface area contributed by atoms with Gasteiger partial charge in [0.05, 0.1) is 12.3 Å². The third kappa shape index (κ3) is 2.83. The molecule has 3 heteroatoms. The Hall–Kier alpha value is -0.120. The summed E-state index contributed by atoms with van der Waals surface area (Å²) >= 11 is 0. The van der Waals surface area contributed by atoms with Gasteiger partial charge in [0.15, 0.2) is 0 Å². The molecule has 1 heterocycles. The van der Waals surface area contributed by atoms with Crippen LogP contribution < -0.4 is 10.6 Å². The van der Waals surface area contributed by atoms with Gasteiger partial charge in [-0.25, -0.2) is 0 Å². The van der Waals surface area contributed by atoms with Gasteiger partial charge in [-0.2, -0.15) is 0 Å². The van der Waals surface area contributed by atoms with E-state index < -0.39 is 0 Å². The number of nitrogens with one attached hydrogen (secondary N) is 2. The average Bonchev–Trinajstić information content (AvgIpc) is 2.68. The van der Waals surface area contributed by atoms with Gasteiger partial charge >= 0.3 is 0 Å². The summed E-state index contributed by atoms with van der Waals surface area (Å²) in [6.45, 7) is 5.49. The van der Waals surface area contributed by atoms with E-state index in [1.165, 1.54) is 32.1 Å². The van der Waals surface area contributed by atoms with Crippen LogP contribution in [0.4, 0.5) is 0 Å². The zero-order valence-corrected chi connectivity index (χ0v) is 11.5. The number of unbranched alkanes of at least 4 members (excludes halogenated alkanes) is 1. The zero-order valence-electron chi connectivity index (χ0n) is 11.5. The second kappa shape index (κ2) is 6.17. The number of rotatable bonds is 5. The van der Waals surface area contributed by atoms with Gasteiger partial charge in [0.25, 0.3) is 0 Å². The lowest BCUT2D eigenvalue weighted by atomic mass is 9.76. The SMILES string of the molecule is CCCCOC1CCCC2C(C)NC(NC)C12. The molecule has 0 aromatic heterocycles. The Balaban J connectivity index is 1.96. The third-order valence-electron chi connectivity index (χ3n) is 4.56. The van der Waals surface area contributed by atoms with Crippen molar-refractivity contribution in [2.75, 3.05) is 13.7 Å². The second-order valence-corrected chi connectivity index (χ2v) is 5.66. The Bertz CT molecular complexity index is 234. The van der Waals surface area contributed by atoms with Crippen LogP contribution in [-0.4, -0.2) is 32.0 Å². The first kappa shape index (κ1) is 13.3. The first-order valence-corrected chi connectivity index (χ1v) is 7.32. The Morgan fingerprint density at radius 2 is 2.18 bits per heavy atom. The average molecular weight is 240 g/mol. The fourth-order valence-electron chi connectivity index (χ4n) is 3.63. The van der Waals surface area contributed by atoms with Crippen LogP contribution in [0.2, 0.25) is 0 Å². The predicted molar refractivity (Wildman–Crippen MR) is 70.9 cm³/mol. The Morgan fingerprint density at radius 1 is 1.35 bits per heavy atom. The van der Waals surface area contributed by atoms with Crippen LogP contribution in [0.15, 0.2) is 0 Å². The van der Waals surface area contributed by atoms with E-state index in [2.05, 4.69) is 31.5 Å². The number of hydrogen-bond acceptors (Lipinski definition) is 3. The summed E-state index contributed by atoms with van der Waals surface area (Å²) in [6.07, 6.45) is 7.28. The van der Waals surface area contributed by atoms with Crippen LogP contribution in [0.5, 0.6) is 0 Å². The molecule has 1 saturated carbocycles. The smallest absolute Gasteiger partial charge is 0.0634 e. The topological polar surface area (TPSA) is 33.3 Å². The molecule has 100 valence electrons. The van der Waals surface area contributed by atoms with Crippen molar-refractivity contribution >= 4 is 0 Å². The molecule has 2 N–H and O–H groups in total. The van der Waals surface area contributed by atoms with E-state index in [0.29, 0.717) is 24.2 Å². The number of hydrogen-bond donors (Lipinski definition) is 2. The fraction of sp³-hybridized carbons (Fsp3) is 1.00. The molecule has 0 radical (unpaired) electrons. The monoisotopic (exact) mass is 240 g/mol. The number of ether oxygens (including phenoxy) is 1. The van der Waals surface area contributed by atoms with E-state index in [0.717, 1.165) is 12.5 Å². The molecule has 0 spiro atoms. The molecular formula is C14H28N2O. The molecule has 0 amide bonds. The summed E-state index contributed by atoms with van der Waals surface area (Å²) in [6, 6.07) is 0.634. The predicted octanol–water partition coefficient (Wildman–Crippen LogP) is 2.13. The van der Waals surface area contributed by atoms with Crippen molar-refractivity contribution in [2.45, 2.75) is 64.3 Å². The largest absolute Gasteiger partial charge is 0.378 e. The molecule has 5 atom stereocenters. The highest BCUT2D eigenvalue weighted by Gasteiger charge is 2.46. The van der Waals surface area contributed by atoms with Crippen LogP contribution in [0.25, 0.3) is 0 Å².